The largest absolute Gasteiger partial charge is 0.352 e. The van der Waals surface area contributed by atoms with Crippen molar-refractivity contribution in [1.82, 2.24) is 5.32 Å². The number of rotatable bonds is 5. The van der Waals surface area contributed by atoms with Crippen molar-refractivity contribution in [2.75, 3.05) is 0 Å². The van der Waals surface area contributed by atoms with Gasteiger partial charge in [0.05, 0.1) is 4.75 Å². The first-order valence-corrected chi connectivity index (χ1v) is 7.41. The summed E-state index contributed by atoms with van der Waals surface area (Å²) < 4.78 is -0.156. The second kappa shape index (κ2) is 5.76. The van der Waals surface area contributed by atoms with Crippen molar-refractivity contribution in [1.29, 1.82) is 0 Å². The first-order valence-electron chi connectivity index (χ1n) is 6.53. The summed E-state index contributed by atoms with van der Waals surface area (Å²) in [6.45, 7) is 3.64. The molecule has 0 atom stereocenters. The smallest absolute Gasteiger partial charge is 0.236 e. The predicted molar refractivity (Wildman–Crippen MR) is 73.9 cm³/mol. The van der Waals surface area contributed by atoms with Crippen LogP contribution >= 0.6 is 11.8 Å². The van der Waals surface area contributed by atoms with Gasteiger partial charge in [0.1, 0.15) is 0 Å². The zero-order valence-electron chi connectivity index (χ0n) is 10.3. The van der Waals surface area contributed by atoms with E-state index in [-0.39, 0.29) is 10.7 Å². The summed E-state index contributed by atoms with van der Waals surface area (Å²) in [6, 6.07) is 0.428. The molecule has 2 nitrogen and oxygen atoms in total. The Balaban J connectivity index is 1.82. The average molecular weight is 251 g/mol. The van der Waals surface area contributed by atoms with Gasteiger partial charge in [0, 0.05) is 6.04 Å². The van der Waals surface area contributed by atoms with E-state index in [9.17, 15) is 4.79 Å². The molecular weight excluding hydrogens is 230 g/mol. The molecule has 2 aliphatic rings. The van der Waals surface area contributed by atoms with Crippen molar-refractivity contribution in [3.05, 3.63) is 24.1 Å². The highest BCUT2D eigenvalue weighted by atomic mass is 32.2. The van der Waals surface area contributed by atoms with E-state index in [2.05, 4.69) is 11.9 Å². The third-order valence-corrected chi connectivity index (χ3v) is 4.90. The van der Waals surface area contributed by atoms with Crippen LogP contribution in [0.4, 0.5) is 0 Å². The molecule has 1 amide bonds. The third-order valence-electron chi connectivity index (χ3n) is 3.57. The molecule has 17 heavy (non-hydrogen) atoms. The lowest BCUT2D eigenvalue weighted by atomic mass is 9.95. The number of allylic oxidation sites excluding steroid dienone is 2. The van der Waals surface area contributed by atoms with Crippen LogP contribution in [0.1, 0.15) is 44.9 Å². The number of carbonyl (C=O) groups excluding carboxylic acids is 1. The van der Waals surface area contributed by atoms with E-state index in [1.54, 1.807) is 17.8 Å². The van der Waals surface area contributed by atoms with Gasteiger partial charge in [0.2, 0.25) is 5.91 Å². The topological polar surface area (TPSA) is 29.1 Å². The fourth-order valence-electron chi connectivity index (χ4n) is 2.30. The van der Waals surface area contributed by atoms with Gasteiger partial charge in [-0.3, -0.25) is 4.79 Å². The molecule has 94 valence electrons. The molecule has 2 aliphatic carbocycles. The minimum atomic E-state index is -0.156. The highest BCUT2D eigenvalue weighted by molar-refractivity contribution is 8.04. The molecule has 0 heterocycles. The number of amides is 1. The SMILES string of the molecule is C=C/C=C/SC1(C(=O)NC2CCCCC2)CC1. The Labute approximate surface area is 108 Å². The standard InChI is InChI=1S/C14H21NOS/c1-2-3-11-17-14(9-10-14)13(16)15-12-7-5-4-6-8-12/h2-3,11-12H,1,4-10H2,(H,15,16)/b11-3+. The highest BCUT2D eigenvalue weighted by Crippen LogP contribution is 2.49. The highest BCUT2D eigenvalue weighted by Gasteiger charge is 2.50. The van der Waals surface area contributed by atoms with Crippen LogP contribution in [0.15, 0.2) is 24.1 Å². The molecule has 0 aromatic carbocycles. The van der Waals surface area contributed by atoms with Gasteiger partial charge < -0.3 is 5.32 Å². The van der Waals surface area contributed by atoms with E-state index < -0.39 is 0 Å². The Hall–Kier alpha value is -0.700. The van der Waals surface area contributed by atoms with Crippen LogP contribution in [0.3, 0.4) is 0 Å². The van der Waals surface area contributed by atoms with Gasteiger partial charge in [-0.2, -0.15) is 0 Å². The van der Waals surface area contributed by atoms with Gasteiger partial charge in [-0.05, 0) is 31.1 Å². The number of nitrogens with one attached hydrogen (secondary N) is 1. The zero-order valence-corrected chi connectivity index (χ0v) is 11.1. The maximum absolute atomic E-state index is 12.2. The summed E-state index contributed by atoms with van der Waals surface area (Å²) in [6.07, 6.45) is 11.9. The van der Waals surface area contributed by atoms with E-state index in [1.165, 1.54) is 19.3 Å². The predicted octanol–water partition coefficient (Wildman–Crippen LogP) is 3.40. The van der Waals surface area contributed by atoms with Gasteiger partial charge in [-0.15, -0.1) is 11.8 Å². The van der Waals surface area contributed by atoms with E-state index in [0.717, 1.165) is 25.7 Å². The van der Waals surface area contributed by atoms with Crippen LogP contribution in [0, 0.1) is 0 Å². The van der Waals surface area contributed by atoms with Crippen LogP contribution in [0.2, 0.25) is 0 Å². The quantitative estimate of drug-likeness (QED) is 0.759. The molecule has 0 bridgehead atoms. The second-order valence-corrected chi connectivity index (χ2v) is 6.27. The normalized spacial score (nSPS) is 23.5. The average Bonchev–Trinajstić information content (AvgIpc) is 3.12. The number of hydrogen-bond donors (Lipinski definition) is 1. The van der Waals surface area contributed by atoms with E-state index in [1.807, 2.05) is 11.5 Å². The molecule has 0 unspecified atom stereocenters. The first kappa shape index (κ1) is 12.7. The summed E-state index contributed by atoms with van der Waals surface area (Å²) in [5.74, 6) is 0.253. The molecule has 1 N–H and O–H groups in total. The van der Waals surface area contributed by atoms with Crippen LogP contribution in [-0.2, 0) is 4.79 Å². The van der Waals surface area contributed by atoms with Crippen LogP contribution in [0.5, 0.6) is 0 Å². The number of carbonyl (C=O) groups is 1. The van der Waals surface area contributed by atoms with Crippen molar-refractivity contribution in [3.8, 4) is 0 Å². The molecular formula is C14H21NOS. The lowest BCUT2D eigenvalue weighted by molar-refractivity contribution is -0.122. The fraction of sp³-hybridized carbons (Fsp3) is 0.643. The minimum absolute atomic E-state index is 0.156. The number of hydrogen-bond acceptors (Lipinski definition) is 2. The Morgan fingerprint density at radius 3 is 2.59 bits per heavy atom. The summed E-state index contributed by atoms with van der Waals surface area (Å²) in [7, 11) is 0. The Bertz CT molecular complexity index is 314. The van der Waals surface area contributed by atoms with Gasteiger partial charge in [-0.1, -0.05) is 38.0 Å². The maximum atomic E-state index is 12.2. The zero-order chi connectivity index (χ0) is 12.1. The molecule has 3 heteroatoms. The molecule has 0 saturated heterocycles. The van der Waals surface area contributed by atoms with Crippen molar-refractivity contribution in [2.45, 2.75) is 55.7 Å². The third kappa shape index (κ3) is 3.38. The molecule has 2 rings (SSSR count). The first-order chi connectivity index (χ1) is 8.27. The molecule has 0 aliphatic heterocycles. The molecule has 0 radical (unpaired) electrons. The second-order valence-electron chi connectivity index (χ2n) is 4.98. The molecule has 2 fully saturated rings. The Morgan fingerprint density at radius 1 is 1.29 bits per heavy atom. The molecule has 2 saturated carbocycles. The van der Waals surface area contributed by atoms with Gasteiger partial charge in [0.25, 0.3) is 0 Å². The van der Waals surface area contributed by atoms with Crippen molar-refractivity contribution in [3.63, 3.8) is 0 Å². The van der Waals surface area contributed by atoms with Crippen LogP contribution in [0.25, 0.3) is 0 Å². The van der Waals surface area contributed by atoms with Crippen LogP contribution < -0.4 is 5.32 Å². The number of thioether (sulfide) groups is 1. The van der Waals surface area contributed by atoms with Gasteiger partial charge in [0.15, 0.2) is 0 Å². The molecule has 0 aromatic rings. The van der Waals surface area contributed by atoms with Gasteiger partial charge >= 0.3 is 0 Å². The van der Waals surface area contributed by atoms with E-state index >= 15 is 0 Å². The monoisotopic (exact) mass is 251 g/mol. The van der Waals surface area contributed by atoms with Gasteiger partial charge in [-0.25, -0.2) is 0 Å². The summed E-state index contributed by atoms with van der Waals surface area (Å²) in [5, 5.41) is 5.22. The lowest BCUT2D eigenvalue weighted by Crippen LogP contribution is -2.42. The van der Waals surface area contributed by atoms with Crippen molar-refractivity contribution in [2.24, 2.45) is 0 Å². The molecule has 0 aromatic heterocycles. The molecule has 0 spiro atoms. The summed E-state index contributed by atoms with van der Waals surface area (Å²) >= 11 is 1.65. The maximum Gasteiger partial charge on any atom is 0.236 e. The van der Waals surface area contributed by atoms with E-state index in [4.69, 9.17) is 0 Å². The van der Waals surface area contributed by atoms with Crippen molar-refractivity contribution >= 4 is 17.7 Å². The minimum Gasteiger partial charge on any atom is -0.352 e. The Kier molecular flexibility index (Phi) is 4.32. The van der Waals surface area contributed by atoms with Crippen LogP contribution in [-0.4, -0.2) is 16.7 Å². The van der Waals surface area contributed by atoms with Crippen molar-refractivity contribution < 1.29 is 4.79 Å². The summed E-state index contributed by atoms with van der Waals surface area (Å²) in [5.41, 5.74) is 0. The Morgan fingerprint density at radius 2 is 2.00 bits per heavy atom. The summed E-state index contributed by atoms with van der Waals surface area (Å²) in [4.78, 5) is 12.2. The van der Waals surface area contributed by atoms with E-state index in [0.29, 0.717) is 6.04 Å². The fourth-order valence-corrected chi connectivity index (χ4v) is 3.25. The lowest BCUT2D eigenvalue weighted by Gasteiger charge is -2.24.